The summed E-state index contributed by atoms with van der Waals surface area (Å²) >= 11 is 0. The van der Waals surface area contributed by atoms with Gasteiger partial charge in [-0.1, -0.05) is 30.4 Å². The van der Waals surface area contributed by atoms with E-state index in [0.717, 1.165) is 24.0 Å². The zero-order chi connectivity index (χ0) is 13.2. The topological polar surface area (TPSA) is 37.3 Å². The summed E-state index contributed by atoms with van der Waals surface area (Å²) in [4.78, 5) is 14.4. The van der Waals surface area contributed by atoms with E-state index in [-0.39, 0.29) is 11.8 Å². The van der Waals surface area contributed by atoms with Gasteiger partial charge < -0.3 is 4.90 Å². The molecule has 1 aromatic carbocycles. The van der Waals surface area contributed by atoms with Crippen LogP contribution in [0.5, 0.6) is 0 Å². The minimum atomic E-state index is -0.0834. The molecule has 2 aromatic rings. The number of carbonyl (C=O) groups is 1. The van der Waals surface area contributed by atoms with E-state index in [0.29, 0.717) is 0 Å². The fourth-order valence-electron chi connectivity index (χ4n) is 2.43. The molecule has 1 aromatic heterocycles. The van der Waals surface area contributed by atoms with E-state index in [2.05, 4.69) is 10.3 Å². The first-order chi connectivity index (χ1) is 9.24. The van der Waals surface area contributed by atoms with Crippen molar-refractivity contribution in [1.29, 1.82) is 0 Å². The van der Waals surface area contributed by atoms with Crippen molar-refractivity contribution in [2.45, 2.75) is 0 Å². The van der Waals surface area contributed by atoms with Crippen LogP contribution >= 0.6 is 0 Å². The molecule has 1 aliphatic rings. The molecule has 0 aliphatic carbocycles. The van der Waals surface area contributed by atoms with Gasteiger partial charge in [-0.15, -0.1) is 0 Å². The number of hydrogen-bond acceptors (Lipinski definition) is 2. The average molecular weight is 255 g/mol. The maximum Gasteiger partial charge on any atom is 0.247 e. The molecule has 1 unspecified atom stereocenters. The van der Waals surface area contributed by atoms with Crippen molar-refractivity contribution in [1.82, 2.24) is 9.58 Å². The molecular formula is C15H17N3O. The van der Waals surface area contributed by atoms with E-state index in [9.17, 15) is 4.79 Å². The molecule has 98 valence electrons. The van der Waals surface area contributed by atoms with Gasteiger partial charge in [0.15, 0.2) is 0 Å². The van der Waals surface area contributed by atoms with Crippen LogP contribution in [-0.4, -0.2) is 35.6 Å². The predicted molar refractivity (Wildman–Crippen MR) is 76.4 cm³/mol. The molecule has 0 radical (unpaired) electrons. The average Bonchev–Trinajstić information content (AvgIpc) is 2.82. The van der Waals surface area contributed by atoms with Crippen molar-refractivity contribution in [2.24, 2.45) is 5.92 Å². The van der Waals surface area contributed by atoms with Crippen LogP contribution in [0.25, 0.3) is 10.9 Å². The molecule has 0 saturated carbocycles. The van der Waals surface area contributed by atoms with Crippen molar-refractivity contribution >= 4 is 16.8 Å². The van der Waals surface area contributed by atoms with E-state index >= 15 is 0 Å². The first-order valence-electron chi connectivity index (χ1n) is 6.46. The van der Waals surface area contributed by atoms with Crippen LogP contribution in [0.15, 0.2) is 48.7 Å². The van der Waals surface area contributed by atoms with Gasteiger partial charge in [0.25, 0.3) is 0 Å². The van der Waals surface area contributed by atoms with Crippen LogP contribution in [0, 0.1) is 5.92 Å². The molecule has 1 N–H and O–H groups in total. The number of hydrogen-bond donors (Lipinski definition) is 1. The van der Waals surface area contributed by atoms with Crippen molar-refractivity contribution < 1.29 is 4.79 Å². The monoisotopic (exact) mass is 255 g/mol. The largest absolute Gasteiger partial charge is 0.302 e. The summed E-state index contributed by atoms with van der Waals surface area (Å²) < 4.78 is 1.79. The smallest absolute Gasteiger partial charge is 0.247 e. The minimum Gasteiger partial charge on any atom is -0.302 e. The Labute approximate surface area is 112 Å². The van der Waals surface area contributed by atoms with Gasteiger partial charge in [0.05, 0.1) is 11.4 Å². The van der Waals surface area contributed by atoms with Gasteiger partial charge in [0.1, 0.15) is 0 Å². The number of carbonyl (C=O) groups excluding carboxylic acids is 1. The third-order valence-electron chi connectivity index (χ3n) is 3.46. The number of aromatic nitrogens is 1. The second kappa shape index (κ2) is 4.90. The lowest BCUT2D eigenvalue weighted by molar-refractivity contribution is -0.120. The van der Waals surface area contributed by atoms with Crippen LogP contribution in [0.2, 0.25) is 0 Å². The Kier molecular flexibility index (Phi) is 3.09. The molecule has 0 bridgehead atoms. The van der Waals surface area contributed by atoms with Gasteiger partial charge >= 0.3 is 0 Å². The SMILES string of the molecule is CN1CC=CC(C(=O)Nn2ccc3ccccc32)C1. The lowest BCUT2D eigenvalue weighted by atomic mass is 10.1. The van der Waals surface area contributed by atoms with Gasteiger partial charge in [0, 0.05) is 24.7 Å². The second-order valence-electron chi connectivity index (χ2n) is 4.98. The van der Waals surface area contributed by atoms with Crippen molar-refractivity contribution in [3.63, 3.8) is 0 Å². The molecule has 1 aliphatic heterocycles. The highest BCUT2D eigenvalue weighted by molar-refractivity contribution is 5.90. The predicted octanol–water partition coefficient (Wildman–Crippen LogP) is 1.83. The molecule has 4 nitrogen and oxygen atoms in total. The first kappa shape index (κ1) is 12.0. The Balaban J connectivity index is 1.79. The van der Waals surface area contributed by atoms with E-state index in [1.54, 1.807) is 4.68 Å². The zero-order valence-corrected chi connectivity index (χ0v) is 10.9. The number of amides is 1. The van der Waals surface area contributed by atoms with Crippen molar-refractivity contribution in [2.75, 3.05) is 25.6 Å². The summed E-state index contributed by atoms with van der Waals surface area (Å²) in [6.45, 7) is 1.68. The third kappa shape index (κ3) is 2.39. The molecule has 3 rings (SSSR count). The zero-order valence-electron chi connectivity index (χ0n) is 10.9. The Morgan fingerprint density at radius 2 is 2.16 bits per heavy atom. The van der Waals surface area contributed by atoms with Crippen LogP contribution in [-0.2, 0) is 4.79 Å². The highest BCUT2D eigenvalue weighted by Gasteiger charge is 2.20. The lowest BCUT2D eigenvalue weighted by Crippen LogP contribution is -2.37. The number of benzene rings is 1. The van der Waals surface area contributed by atoms with E-state index in [1.165, 1.54) is 0 Å². The number of para-hydroxylation sites is 1. The Bertz CT molecular complexity index is 629. The number of nitrogens with zero attached hydrogens (tertiary/aromatic N) is 2. The summed E-state index contributed by atoms with van der Waals surface area (Å²) in [6.07, 6.45) is 5.92. The maximum atomic E-state index is 12.2. The molecular weight excluding hydrogens is 238 g/mol. The van der Waals surface area contributed by atoms with E-state index in [4.69, 9.17) is 0 Å². The van der Waals surface area contributed by atoms with Crippen LogP contribution < -0.4 is 5.43 Å². The fraction of sp³-hybridized carbons (Fsp3) is 0.267. The van der Waals surface area contributed by atoms with Gasteiger partial charge in [-0.05, 0) is 19.2 Å². The summed E-state index contributed by atoms with van der Waals surface area (Å²) in [7, 11) is 2.02. The van der Waals surface area contributed by atoms with Crippen LogP contribution in [0.1, 0.15) is 0 Å². The minimum absolute atomic E-state index is 0.0316. The first-order valence-corrected chi connectivity index (χ1v) is 6.46. The summed E-state index contributed by atoms with van der Waals surface area (Å²) in [5, 5.41) is 1.12. The third-order valence-corrected chi connectivity index (χ3v) is 3.46. The number of likely N-dealkylation sites (N-methyl/N-ethyl adjacent to an activating group) is 1. The molecule has 2 heterocycles. The number of fused-ring (bicyclic) bond motifs is 1. The Morgan fingerprint density at radius 3 is 3.00 bits per heavy atom. The normalized spacial score (nSPS) is 19.7. The molecule has 19 heavy (non-hydrogen) atoms. The molecule has 0 fully saturated rings. The standard InChI is InChI=1S/C15H17N3O/c1-17-9-4-6-13(11-17)15(19)16-18-10-8-12-5-2-3-7-14(12)18/h2-8,10,13H,9,11H2,1H3,(H,16,19). The highest BCUT2D eigenvalue weighted by Crippen LogP contribution is 2.14. The molecule has 4 heteroatoms. The summed E-state index contributed by atoms with van der Waals surface area (Å²) in [5.41, 5.74) is 3.97. The Hall–Kier alpha value is -2.07. The van der Waals surface area contributed by atoms with Crippen LogP contribution in [0.4, 0.5) is 0 Å². The van der Waals surface area contributed by atoms with E-state index in [1.807, 2.05) is 55.7 Å². The quantitative estimate of drug-likeness (QED) is 0.831. The molecule has 0 spiro atoms. The molecule has 1 atom stereocenters. The van der Waals surface area contributed by atoms with Crippen LogP contribution in [0.3, 0.4) is 0 Å². The molecule has 0 saturated heterocycles. The summed E-state index contributed by atoms with van der Waals surface area (Å²) in [5.74, 6) is -0.0518. The van der Waals surface area contributed by atoms with Gasteiger partial charge in [0.2, 0.25) is 5.91 Å². The van der Waals surface area contributed by atoms with E-state index < -0.39 is 0 Å². The van der Waals surface area contributed by atoms with Gasteiger partial charge in [-0.3, -0.25) is 14.9 Å². The second-order valence-corrected chi connectivity index (χ2v) is 4.98. The number of nitrogens with one attached hydrogen (secondary N) is 1. The number of rotatable bonds is 2. The van der Waals surface area contributed by atoms with Crippen molar-refractivity contribution in [3.05, 3.63) is 48.7 Å². The lowest BCUT2D eigenvalue weighted by Gasteiger charge is -2.24. The summed E-state index contributed by atoms with van der Waals surface area (Å²) in [6, 6.07) is 10.00. The Morgan fingerprint density at radius 1 is 1.32 bits per heavy atom. The highest BCUT2D eigenvalue weighted by atomic mass is 16.2. The van der Waals surface area contributed by atoms with Gasteiger partial charge in [-0.25, -0.2) is 0 Å². The maximum absolute atomic E-state index is 12.2. The molecule has 1 amide bonds. The van der Waals surface area contributed by atoms with Gasteiger partial charge in [-0.2, -0.15) is 0 Å². The van der Waals surface area contributed by atoms with Crippen molar-refractivity contribution in [3.8, 4) is 0 Å². The fourth-order valence-corrected chi connectivity index (χ4v) is 2.43.